The second-order valence-electron chi connectivity index (χ2n) is 4.43. The third-order valence-corrected chi connectivity index (χ3v) is 3.15. The summed E-state index contributed by atoms with van der Waals surface area (Å²) < 4.78 is 1.10. The quantitative estimate of drug-likeness (QED) is 0.663. The van der Waals surface area contributed by atoms with Crippen LogP contribution in [-0.4, -0.2) is 11.8 Å². The van der Waals surface area contributed by atoms with Gasteiger partial charge in [-0.2, -0.15) is 0 Å². The first-order chi connectivity index (χ1) is 7.94. The summed E-state index contributed by atoms with van der Waals surface area (Å²) in [5, 5.41) is 0. The lowest BCUT2D eigenvalue weighted by atomic mass is 10.0. The fraction of sp³-hybridized carbons (Fsp3) is 0.533. The van der Waals surface area contributed by atoms with E-state index in [1.54, 1.807) is 0 Å². The molecule has 0 unspecified atom stereocenters. The number of rotatable bonds is 3. The first kappa shape index (κ1) is 16.4. The molecule has 0 aliphatic rings. The van der Waals surface area contributed by atoms with Crippen LogP contribution in [0.3, 0.4) is 0 Å². The monoisotopic (exact) mass is 297 g/mol. The maximum Gasteiger partial charge on any atom is 0.0549 e. The van der Waals surface area contributed by atoms with Gasteiger partial charge in [0.1, 0.15) is 0 Å². The SMILES string of the molecule is CC.CCC(C)(C)N=Cc1cc(Br)ccc1C. The number of halogens is 1. The zero-order valence-electron chi connectivity index (χ0n) is 11.8. The number of hydrogen-bond donors (Lipinski definition) is 0. The molecule has 0 radical (unpaired) electrons. The van der Waals surface area contributed by atoms with Crippen LogP contribution in [0.2, 0.25) is 0 Å². The Hall–Kier alpha value is -0.630. The number of benzene rings is 1. The summed E-state index contributed by atoms with van der Waals surface area (Å²) in [5.41, 5.74) is 2.48. The van der Waals surface area contributed by atoms with Crippen LogP contribution in [0, 0.1) is 6.92 Å². The highest BCUT2D eigenvalue weighted by Gasteiger charge is 2.11. The lowest BCUT2D eigenvalue weighted by Crippen LogP contribution is -2.14. The Morgan fingerprint density at radius 1 is 1.29 bits per heavy atom. The molecule has 0 aliphatic carbocycles. The van der Waals surface area contributed by atoms with Crippen LogP contribution in [0.5, 0.6) is 0 Å². The molecular weight excluding hydrogens is 274 g/mol. The third-order valence-electron chi connectivity index (χ3n) is 2.66. The van der Waals surface area contributed by atoms with Gasteiger partial charge < -0.3 is 0 Å². The van der Waals surface area contributed by atoms with Crippen LogP contribution in [-0.2, 0) is 0 Å². The van der Waals surface area contributed by atoms with Crippen molar-refractivity contribution in [2.75, 3.05) is 0 Å². The molecule has 96 valence electrons. The van der Waals surface area contributed by atoms with Gasteiger partial charge in [-0.25, -0.2) is 0 Å². The zero-order valence-corrected chi connectivity index (χ0v) is 13.4. The highest BCUT2D eigenvalue weighted by molar-refractivity contribution is 9.10. The number of aliphatic imine (C=N–C) groups is 1. The normalized spacial score (nSPS) is 11.2. The van der Waals surface area contributed by atoms with Gasteiger partial charge in [0.2, 0.25) is 0 Å². The zero-order chi connectivity index (χ0) is 13.5. The standard InChI is InChI=1S/C13H18BrN.C2H6/c1-5-13(3,4)15-9-11-8-12(14)7-6-10(11)2;1-2/h6-9H,5H2,1-4H3;1-2H3. The highest BCUT2D eigenvalue weighted by Crippen LogP contribution is 2.17. The molecule has 0 saturated carbocycles. The van der Waals surface area contributed by atoms with Crippen molar-refractivity contribution in [2.24, 2.45) is 4.99 Å². The Bertz CT molecular complexity index is 367. The van der Waals surface area contributed by atoms with Crippen LogP contribution >= 0.6 is 15.9 Å². The van der Waals surface area contributed by atoms with E-state index in [0.29, 0.717) is 0 Å². The topological polar surface area (TPSA) is 12.4 Å². The number of hydrogen-bond acceptors (Lipinski definition) is 1. The van der Waals surface area contributed by atoms with Gasteiger partial charge in [0.15, 0.2) is 0 Å². The van der Waals surface area contributed by atoms with Gasteiger partial charge in [-0.3, -0.25) is 4.99 Å². The minimum absolute atomic E-state index is 0.0365. The van der Waals surface area contributed by atoms with E-state index in [1.807, 2.05) is 20.1 Å². The molecule has 0 N–H and O–H groups in total. The molecule has 2 heteroatoms. The van der Waals surface area contributed by atoms with E-state index in [1.165, 1.54) is 11.1 Å². The highest BCUT2D eigenvalue weighted by atomic mass is 79.9. The molecule has 1 aromatic carbocycles. The van der Waals surface area contributed by atoms with Crippen molar-refractivity contribution < 1.29 is 0 Å². The van der Waals surface area contributed by atoms with Crippen LogP contribution < -0.4 is 0 Å². The largest absolute Gasteiger partial charge is 0.287 e. The predicted molar refractivity (Wildman–Crippen MR) is 82.2 cm³/mol. The summed E-state index contributed by atoms with van der Waals surface area (Å²) >= 11 is 3.47. The molecule has 0 saturated heterocycles. The third kappa shape index (κ3) is 6.02. The average Bonchev–Trinajstić information content (AvgIpc) is 2.33. The maximum atomic E-state index is 4.60. The lowest BCUT2D eigenvalue weighted by Gasteiger charge is -2.16. The summed E-state index contributed by atoms with van der Waals surface area (Å²) in [5.74, 6) is 0. The smallest absolute Gasteiger partial charge is 0.0549 e. The number of nitrogens with zero attached hydrogens (tertiary/aromatic N) is 1. The van der Waals surface area contributed by atoms with Crippen molar-refractivity contribution in [3.05, 3.63) is 33.8 Å². The Kier molecular flexibility index (Phi) is 7.37. The molecule has 0 amide bonds. The van der Waals surface area contributed by atoms with E-state index in [2.05, 4.69) is 66.8 Å². The molecule has 0 bridgehead atoms. The van der Waals surface area contributed by atoms with Crippen molar-refractivity contribution >= 4 is 22.1 Å². The van der Waals surface area contributed by atoms with Gasteiger partial charge in [0.05, 0.1) is 5.54 Å². The van der Waals surface area contributed by atoms with Crippen molar-refractivity contribution in [3.8, 4) is 0 Å². The second-order valence-corrected chi connectivity index (χ2v) is 5.34. The maximum absolute atomic E-state index is 4.60. The van der Waals surface area contributed by atoms with Crippen LogP contribution in [0.4, 0.5) is 0 Å². The van der Waals surface area contributed by atoms with Crippen molar-refractivity contribution in [1.82, 2.24) is 0 Å². The molecule has 17 heavy (non-hydrogen) atoms. The minimum atomic E-state index is 0.0365. The van der Waals surface area contributed by atoms with Crippen LogP contribution in [0.25, 0.3) is 0 Å². The molecular formula is C15H24BrN. The summed E-state index contributed by atoms with van der Waals surface area (Å²) in [7, 11) is 0. The fourth-order valence-electron chi connectivity index (χ4n) is 1.09. The lowest BCUT2D eigenvalue weighted by molar-refractivity contribution is 0.507. The van der Waals surface area contributed by atoms with Crippen LogP contribution in [0.15, 0.2) is 27.7 Å². The second kappa shape index (κ2) is 7.65. The fourth-order valence-corrected chi connectivity index (χ4v) is 1.46. The van der Waals surface area contributed by atoms with Gasteiger partial charge in [0.25, 0.3) is 0 Å². The Morgan fingerprint density at radius 2 is 1.88 bits per heavy atom. The predicted octanol–water partition coefficient (Wildman–Crippen LogP) is 5.39. The summed E-state index contributed by atoms with van der Waals surface area (Å²) in [6.45, 7) is 12.6. The van der Waals surface area contributed by atoms with E-state index < -0.39 is 0 Å². The molecule has 0 atom stereocenters. The molecule has 1 aromatic rings. The Morgan fingerprint density at radius 3 is 2.41 bits per heavy atom. The van der Waals surface area contributed by atoms with E-state index in [9.17, 15) is 0 Å². The first-order valence-corrected chi connectivity index (χ1v) is 7.05. The summed E-state index contributed by atoms with van der Waals surface area (Å²) in [4.78, 5) is 4.60. The molecule has 0 fully saturated rings. The number of aryl methyl sites for hydroxylation is 1. The van der Waals surface area contributed by atoms with Crippen molar-refractivity contribution in [2.45, 2.75) is 53.5 Å². The minimum Gasteiger partial charge on any atom is -0.287 e. The first-order valence-electron chi connectivity index (χ1n) is 6.26. The van der Waals surface area contributed by atoms with E-state index >= 15 is 0 Å². The summed E-state index contributed by atoms with van der Waals surface area (Å²) in [6.07, 6.45) is 3.03. The van der Waals surface area contributed by atoms with Gasteiger partial charge in [-0.1, -0.05) is 42.8 Å². The molecule has 0 aliphatic heterocycles. The average molecular weight is 298 g/mol. The van der Waals surface area contributed by atoms with E-state index in [4.69, 9.17) is 0 Å². The molecule has 1 nitrogen and oxygen atoms in total. The van der Waals surface area contributed by atoms with E-state index in [-0.39, 0.29) is 5.54 Å². The van der Waals surface area contributed by atoms with Gasteiger partial charge >= 0.3 is 0 Å². The molecule has 1 rings (SSSR count). The summed E-state index contributed by atoms with van der Waals surface area (Å²) in [6, 6.07) is 6.26. The van der Waals surface area contributed by atoms with Crippen LogP contribution in [0.1, 0.15) is 52.2 Å². The van der Waals surface area contributed by atoms with Gasteiger partial charge in [0, 0.05) is 10.7 Å². The molecule has 0 heterocycles. The van der Waals surface area contributed by atoms with Crippen molar-refractivity contribution in [3.63, 3.8) is 0 Å². The molecule has 0 spiro atoms. The van der Waals surface area contributed by atoms with E-state index in [0.717, 1.165) is 10.9 Å². The van der Waals surface area contributed by atoms with Gasteiger partial charge in [-0.05, 0) is 50.5 Å². The van der Waals surface area contributed by atoms with Gasteiger partial charge in [-0.15, -0.1) is 0 Å². The van der Waals surface area contributed by atoms with Crippen molar-refractivity contribution in [1.29, 1.82) is 0 Å². The molecule has 0 aromatic heterocycles. The Labute approximate surface area is 114 Å². The Balaban J connectivity index is 0.00000121.